The number of carbonyl (C=O) groups excluding carboxylic acids is 1. The normalized spacial score (nSPS) is 33.7. The van der Waals surface area contributed by atoms with Crippen LogP contribution in [0.15, 0.2) is 17.7 Å². The molecule has 0 spiro atoms. The monoisotopic (exact) mass is 328 g/mol. The predicted octanol–water partition coefficient (Wildman–Crippen LogP) is 2.48. The third-order valence-corrected chi connectivity index (χ3v) is 6.20. The molecule has 4 aliphatic rings. The van der Waals surface area contributed by atoms with E-state index in [1.165, 1.54) is 25.0 Å². The number of nitrogens with zero attached hydrogens (tertiary/aromatic N) is 4. The van der Waals surface area contributed by atoms with Gasteiger partial charge in [0.15, 0.2) is 0 Å². The molecule has 1 aromatic rings. The van der Waals surface area contributed by atoms with Gasteiger partial charge in [-0.05, 0) is 44.9 Å². The number of likely N-dealkylation sites (tertiary alicyclic amines) is 1. The van der Waals surface area contributed by atoms with Gasteiger partial charge in [-0.15, -0.1) is 0 Å². The molecule has 1 amide bonds. The summed E-state index contributed by atoms with van der Waals surface area (Å²) in [6.45, 7) is 5.83. The van der Waals surface area contributed by atoms with Crippen molar-refractivity contribution in [1.82, 2.24) is 14.5 Å². The van der Waals surface area contributed by atoms with Crippen molar-refractivity contribution in [3.8, 4) is 0 Å². The fraction of sp³-hybridized carbons (Fsp3) is 0.722. The van der Waals surface area contributed by atoms with E-state index in [0.29, 0.717) is 29.5 Å². The van der Waals surface area contributed by atoms with Crippen molar-refractivity contribution < 1.29 is 9.63 Å². The second-order valence-electron chi connectivity index (χ2n) is 8.46. The van der Waals surface area contributed by atoms with Crippen LogP contribution in [0, 0.1) is 17.8 Å². The second-order valence-corrected chi connectivity index (χ2v) is 8.46. The lowest BCUT2D eigenvalue weighted by Crippen LogP contribution is -2.33. The van der Waals surface area contributed by atoms with Crippen molar-refractivity contribution in [2.75, 3.05) is 13.1 Å². The minimum atomic E-state index is -0.157. The van der Waals surface area contributed by atoms with Gasteiger partial charge in [0.05, 0.1) is 12.0 Å². The Labute approximate surface area is 141 Å². The molecule has 0 aromatic carbocycles. The van der Waals surface area contributed by atoms with E-state index in [4.69, 9.17) is 4.84 Å². The summed E-state index contributed by atoms with van der Waals surface area (Å²) in [7, 11) is 0. The van der Waals surface area contributed by atoms with E-state index in [0.717, 1.165) is 19.5 Å². The first-order chi connectivity index (χ1) is 11.5. The van der Waals surface area contributed by atoms with E-state index in [1.54, 1.807) is 0 Å². The average Bonchev–Trinajstić information content (AvgIpc) is 2.94. The summed E-state index contributed by atoms with van der Waals surface area (Å²) in [5.41, 5.74) is 1.65. The van der Waals surface area contributed by atoms with E-state index in [9.17, 15) is 4.79 Å². The molecule has 1 aromatic heterocycles. The lowest BCUT2D eigenvalue weighted by Gasteiger charge is -2.26. The molecule has 2 aliphatic carbocycles. The number of aromatic nitrogens is 2. The van der Waals surface area contributed by atoms with E-state index < -0.39 is 0 Å². The first-order valence-electron chi connectivity index (χ1n) is 9.09. The summed E-state index contributed by atoms with van der Waals surface area (Å²) in [5, 5.41) is 4.30. The first kappa shape index (κ1) is 14.5. The van der Waals surface area contributed by atoms with E-state index in [-0.39, 0.29) is 11.5 Å². The third kappa shape index (κ3) is 2.19. The fourth-order valence-electron chi connectivity index (χ4n) is 4.54. The molecule has 1 saturated heterocycles. The van der Waals surface area contributed by atoms with Crippen LogP contribution in [0.2, 0.25) is 0 Å². The SMILES string of the molecule is CC1(C)CC(C2[C@H]3CN(C(=O)c4cn(C5CCC5)cn4)C[C@@H]23)=NO1. The van der Waals surface area contributed by atoms with Crippen molar-refractivity contribution >= 4 is 11.6 Å². The lowest BCUT2D eigenvalue weighted by molar-refractivity contribution is 0.0123. The molecule has 0 N–H and O–H groups in total. The van der Waals surface area contributed by atoms with Crippen LogP contribution in [0.3, 0.4) is 0 Å². The van der Waals surface area contributed by atoms with Crippen LogP contribution < -0.4 is 0 Å². The van der Waals surface area contributed by atoms with Crippen LogP contribution in [0.4, 0.5) is 0 Å². The highest BCUT2D eigenvalue weighted by Gasteiger charge is 2.60. The summed E-state index contributed by atoms with van der Waals surface area (Å²) in [6.07, 6.45) is 8.38. The Hall–Kier alpha value is -1.85. The van der Waals surface area contributed by atoms with Crippen LogP contribution >= 0.6 is 0 Å². The molecule has 3 atom stereocenters. The Morgan fingerprint density at radius 2 is 2.04 bits per heavy atom. The number of rotatable bonds is 3. The molecule has 2 aliphatic heterocycles. The molecular weight excluding hydrogens is 304 g/mol. The van der Waals surface area contributed by atoms with E-state index >= 15 is 0 Å². The Bertz CT molecular complexity index is 706. The Morgan fingerprint density at radius 3 is 2.62 bits per heavy atom. The van der Waals surface area contributed by atoms with Gasteiger partial charge in [0.1, 0.15) is 11.3 Å². The molecule has 0 radical (unpaired) electrons. The highest BCUT2D eigenvalue weighted by molar-refractivity contribution is 5.94. The van der Waals surface area contributed by atoms with Crippen molar-refractivity contribution in [2.45, 2.75) is 51.2 Å². The Kier molecular flexibility index (Phi) is 2.92. The van der Waals surface area contributed by atoms with Crippen LogP contribution in [0.5, 0.6) is 0 Å². The van der Waals surface area contributed by atoms with Gasteiger partial charge >= 0.3 is 0 Å². The number of imidazole rings is 1. The molecule has 5 rings (SSSR count). The van der Waals surface area contributed by atoms with Crippen LogP contribution in [0.1, 0.15) is 56.1 Å². The van der Waals surface area contributed by atoms with Crippen LogP contribution in [-0.2, 0) is 4.84 Å². The van der Waals surface area contributed by atoms with Gasteiger partial charge in [-0.25, -0.2) is 4.98 Å². The topological polar surface area (TPSA) is 59.7 Å². The van der Waals surface area contributed by atoms with Gasteiger partial charge in [0.2, 0.25) is 0 Å². The predicted molar refractivity (Wildman–Crippen MR) is 88.7 cm³/mol. The van der Waals surface area contributed by atoms with Gasteiger partial charge in [0.25, 0.3) is 5.91 Å². The smallest absolute Gasteiger partial charge is 0.274 e. The third-order valence-electron chi connectivity index (χ3n) is 6.20. The Morgan fingerprint density at radius 1 is 1.29 bits per heavy atom. The average molecular weight is 328 g/mol. The number of hydrogen-bond donors (Lipinski definition) is 0. The first-order valence-corrected chi connectivity index (χ1v) is 9.09. The number of oxime groups is 1. The van der Waals surface area contributed by atoms with Gasteiger partial charge in [-0.3, -0.25) is 4.79 Å². The molecule has 128 valence electrons. The van der Waals surface area contributed by atoms with Gasteiger partial charge in [-0.1, -0.05) is 5.16 Å². The maximum atomic E-state index is 12.7. The van der Waals surface area contributed by atoms with Crippen molar-refractivity contribution in [3.63, 3.8) is 0 Å². The van der Waals surface area contributed by atoms with Crippen LogP contribution in [0.25, 0.3) is 0 Å². The standard InChI is InChI=1S/C18H24N4O2/c1-18(2)6-14(20-24-18)16-12-7-21(8-13(12)16)17(23)15-9-22(10-19-15)11-4-3-5-11/h9-13,16H,3-8H2,1-2H3/t12-,13+,16?. The molecule has 24 heavy (non-hydrogen) atoms. The zero-order valence-electron chi connectivity index (χ0n) is 14.3. The maximum absolute atomic E-state index is 12.7. The number of hydrogen-bond acceptors (Lipinski definition) is 4. The van der Waals surface area contributed by atoms with Gasteiger partial charge in [-0.2, -0.15) is 0 Å². The zero-order valence-corrected chi connectivity index (χ0v) is 14.3. The van der Waals surface area contributed by atoms with Gasteiger partial charge in [0, 0.05) is 37.7 Å². The molecule has 2 saturated carbocycles. The summed E-state index contributed by atoms with van der Waals surface area (Å²) in [4.78, 5) is 24.5. The summed E-state index contributed by atoms with van der Waals surface area (Å²) < 4.78 is 2.11. The molecule has 6 nitrogen and oxygen atoms in total. The molecule has 1 unspecified atom stereocenters. The fourth-order valence-corrected chi connectivity index (χ4v) is 4.54. The molecule has 3 heterocycles. The maximum Gasteiger partial charge on any atom is 0.274 e. The number of carbonyl (C=O) groups is 1. The van der Waals surface area contributed by atoms with E-state index in [2.05, 4.69) is 28.6 Å². The van der Waals surface area contributed by atoms with Crippen molar-refractivity contribution in [1.29, 1.82) is 0 Å². The summed E-state index contributed by atoms with van der Waals surface area (Å²) in [5.74, 6) is 1.75. The minimum absolute atomic E-state index is 0.0870. The molecule has 6 heteroatoms. The molecule has 0 bridgehead atoms. The highest BCUT2D eigenvalue weighted by atomic mass is 16.7. The van der Waals surface area contributed by atoms with Crippen molar-refractivity contribution in [3.05, 3.63) is 18.2 Å². The van der Waals surface area contributed by atoms with Gasteiger partial charge < -0.3 is 14.3 Å². The van der Waals surface area contributed by atoms with Crippen LogP contribution in [-0.4, -0.2) is 44.8 Å². The number of piperidine rings is 1. The largest absolute Gasteiger partial charge is 0.389 e. The summed E-state index contributed by atoms with van der Waals surface area (Å²) in [6, 6.07) is 0.555. The summed E-state index contributed by atoms with van der Waals surface area (Å²) >= 11 is 0. The van der Waals surface area contributed by atoms with E-state index in [1.807, 2.05) is 17.4 Å². The lowest BCUT2D eigenvalue weighted by atomic mass is 9.93. The zero-order chi connectivity index (χ0) is 16.5. The molecular formula is C18H24N4O2. The molecule has 3 fully saturated rings. The Balaban J connectivity index is 1.21. The minimum Gasteiger partial charge on any atom is -0.389 e. The van der Waals surface area contributed by atoms with Crippen molar-refractivity contribution in [2.24, 2.45) is 22.9 Å². The quantitative estimate of drug-likeness (QED) is 0.856. The number of amides is 1. The second kappa shape index (κ2) is 4.83. The number of fused-ring (bicyclic) bond motifs is 1. The highest BCUT2D eigenvalue weighted by Crippen LogP contribution is 2.54.